The second-order valence-electron chi connectivity index (χ2n) is 4.51. The maximum absolute atomic E-state index is 5.68. The van der Waals surface area contributed by atoms with Crippen LogP contribution in [-0.4, -0.2) is 11.5 Å². The van der Waals surface area contributed by atoms with Crippen LogP contribution in [0.5, 0.6) is 0 Å². The lowest BCUT2D eigenvalue weighted by Crippen LogP contribution is -2.13. The number of benzene rings is 1. The van der Waals surface area contributed by atoms with Crippen molar-refractivity contribution in [2.24, 2.45) is 11.7 Å². The van der Waals surface area contributed by atoms with Crippen LogP contribution in [0.1, 0.15) is 18.2 Å². The predicted molar refractivity (Wildman–Crippen MR) is 68.4 cm³/mol. The van der Waals surface area contributed by atoms with Crippen molar-refractivity contribution in [3.8, 4) is 0 Å². The van der Waals surface area contributed by atoms with Gasteiger partial charge in [0.05, 0.1) is 0 Å². The first-order valence-electron chi connectivity index (χ1n) is 5.75. The number of aromatic nitrogens is 1. The highest BCUT2D eigenvalue weighted by molar-refractivity contribution is 5.85. The van der Waals surface area contributed by atoms with Gasteiger partial charge in [0.25, 0.3) is 0 Å². The van der Waals surface area contributed by atoms with E-state index in [9.17, 15) is 0 Å². The molecule has 0 saturated carbocycles. The molecule has 0 aliphatic carbocycles. The van der Waals surface area contributed by atoms with Crippen molar-refractivity contribution in [1.82, 2.24) is 4.98 Å². The lowest BCUT2D eigenvalue weighted by atomic mass is 9.96. The van der Waals surface area contributed by atoms with Gasteiger partial charge >= 0.3 is 0 Å². The van der Waals surface area contributed by atoms with Gasteiger partial charge in [-0.1, -0.05) is 25.1 Å². The fourth-order valence-electron chi connectivity index (χ4n) is 1.98. The number of pyridine rings is 1. The SMILES string of the molecule is Cc1cc2c(CC(C)CN)cccc2cn1. The molecule has 0 saturated heterocycles. The molecule has 1 atom stereocenters. The highest BCUT2D eigenvalue weighted by Crippen LogP contribution is 2.21. The molecule has 1 aromatic heterocycles. The van der Waals surface area contributed by atoms with Crippen LogP contribution in [0.4, 0.5) is 0 Å². The van der Waals surface area contributed by atoms with Crippen molar-refractivity contribution in [2.45, 2.75) is 20.3 Å². The Morgan fingerprint density at radius 2 is 2.19 bits per heavy atom. The average molecular weight is 214 g/mol. The Labute approximate surface area is 96.5 Å². The Kier molecular flexibility index (Phi) is 3.20. The number of rotatable bonds is 3. The van der Waals surface area contributed by atoms with Gasteiger partial charge in [-0.15, -0.1) is 0 Å². The number of hydrogen-bond donors (Lipinski definition) is 1. The molecule has 0 fully saturated rings. The van der Waals surface area contributed by atoms with Gasteiger partial charge in [-0.2, -0.15) is 0 Å². The standard InChI is InChI=1S/C14H18N2/c1-10(8-15)6-12-4-3-5-13-9-16-11(2)7-14(12)13/h3-5,7,9-10H,6,8,15H2,1-2H3. The van der Waals surface area contributed by atoms with E-state index in [0.29, 0.717) is 5.92 Å². The molecule has 0 amide bonds. The molecule has 2 heteroatoms. The summed E-state index contributed by atoms with van der Waals surface area (Å²) in [6.45, 7) is 4.95. The van der Waals surface area contributed by atoms with E-state index in [1.54, 1.807) is 0 Å². The lowest BCUT2D eigenvalue weighted by Gasteiger charge is -2.11. The summed E-state index contributed by atoms with van der Waals surface area (Å²) >= 11 is 0. The van der Waals surface area contributed by atoms with Gasteiger partial charge in [-0.05, 0) is 42.8 Å². The predicted octanol–water partition coefficient (Wildman–Crippen LogP) is 2.68. The van der Waals surface area contributed by atoms with E-state index < -0.39 is 0 Å². The molecular formula is C14H18N2. The second kappa shape index (κ2) is 4.62. The minimum Gasteiger partial charge on any atom is -0.330 e. The van der Waals surface area contributed by atoms with Gasteiger partial charge in [0.1, 0.15) is 0 Å². The summed E-state index contributed by atoms with van der Waals surface area (Å²) in [6, 6.07) is 8.55. The van der Waals surface area contributed by atoms with Gasteiger partial charge in [0.2, 0.25) is 0 Å². The molecule has 1 unspecified atom stereocenters. The van der Waals surface area contributed by atoms with Crippen molar-refractivity contribution in [3.63, 3.8) is 0 Å². The second-order valence-corrected chi connectivity index (χ2v) is 4.51. The topological polar surface area (TPSA) is 38.9 Å². The summed E-state index contributed by atoms with van der Waals surface area (Å²) in [7, 11) is 0. The van der Waals surface area contributed by atoms with Gasteiger partial charge in [0.15, 0.2) is 0 Å². The third kappa shape index (κ3) is 2.22. The molecule has 1 aromatic carbocycles. The molecule has 84 valence electrons. The van der Waals surface area contributed by atoms with Crippen LogP contribution in [0, 0.1) is 12.8 Å². The number of nitrogens with zero attached hydrogens (tertiary/aromatic N) is 1. The van der Waals surface area contributed by atoms with Crippen LogP contribution in [0.2, 0.25) is 0 Å². The molecule has 2 rings (SSSR count). The fraction of sp³-hybridized carbons (Fsp3) is 0.357. The molecule has 16 heavy (non-hydrogen) atoms. The molecule has 1 heterocycles. The third-order valence-electron chi connectivity index (χ3n) is 2.96. The smallest absolute Gasteiger partial charge is 0.0379 e. The van der Waals surface area contributed by atoms with Gasteiger partial charge < -0.3 is 5.73 Å². The Hall–Kier alpha value is -1.41. The normalized spacial score (nSPS) is 12.9. The first kappa shape index (κ1) is 11.1. The summed E-state index contributed by atoms with van der Waals surface area (Å²) < 4.78 is 0. The van der Waals surface area contributed by atoms with E-state index >= 15 is 0 Å². The zero-order valence-corrected chi connectivity index (χ0v) is 9.90. The molecule has 2 nitrogen and oxygen atoms in total. The quantitative estimate of drug-likeness (QED) is 0.853. The van der Waals surface area contributed by atoms with Crippen LogP contribution in [0.15, 0.2) is 30.5 Å². The lowest BCUT2D eigenvalue weighted by molar-refractivity contribution is 0.595. The van der Waals surface area contributed by atoms with Gasteiger partial charge in [-0.25, -0.2) is 0 Å². The Balaban J connectivity index is 2.47. The fourth-order valence-corrected chi connectivity index (χ4v) is 1.98. The molecular weight excluding hydrogens is 196 g/mol. The van der Waals surface area contributed by atoms with E-state index in [4.69, 9.17) is 5.73 Å². The Morgan fingerprint density at radius 3 is 2.94 bits per heavy atom. The maximum atomic E-state index is 5.68. The van der Waals surface area contributed by atoms with E-state index in [-0.39, 0.29) is 0 Å². The van der Waals surface area contributed by atoms with Crippen molar-refractivity contribution < 1.29 is 0 Å². The monoisotopic (exact) mass is 214 g/mol. The van der Waals surface area contributed by atoms with E-state index in [0.717, 1.165) is 18.7 Å². The Bertz CT molecular complexity index is 491. The van der Waals surface area contributed by atoms with Crippen LogP contribution >= 0.6 is 0 Å². The van der Waals surface area contributed by atoms with Crippen LogP contribution in [-0.2, 0) is 6.42 Å². The molecule has 2 N–H and O–H groups in total. The van der Waals surface area contributed by atoms with Crippen molar-refractivity contribution in [3.05, 3.63) is 41.7 Å². The van der Waals surface area contributed by atoms with E-state index in [1.165, 1.54) is 16.3 Å². The molecule has 0 spiro atoms. The first-order valence-corrected chi connectivity index (χ1v) is 5.75. The average Bonchev–Trinajstić information content (AvgIpc) is 2.29. The van der Waals surface area contributed by atoms with E-state index in [2.05, 4.69) is 36.2 Å². The summed E-state index contributed by atoms with van der Waals surface area (Å²) in [5, 5.41) is 2.53. The van der Waals surface area contributed by atoms with E-state index in [1.807, 2.05) is 13.1 Å². The van der Waals surface area contributed by atoms with Crippen LogP contribution < -0.4 is 5.73 Å². The first-order chi connectivity index (χ1) is 7.70. The van der Waals surface area contributed by atoms with Crippen LogP contribution in [0.25, 0.3) is 10.8 Å². The molecule has 0 bridgehead atoms. The zero-order chi connectivity index (χ0) is 11.5. The minimum absolute atomic E-state index is 0.527. The number of fused-ring (bicyclic) bond motifs is 1. The highest BCUT2D eigenvalue weighted by atomic mass is 14.7. The van der Waals surface area contributed by atoms with Crippen molar-refractivity contribution in [1.29, 1.82) is 0 Å². The molecule has 0 aliphatic heterocycles. The Morgan fingerprint density at radius 1 is 1.38 bits per heavy atom. The molecule has 0 aliphatic rings. The maximum Gasteiger partial charge on any atom is 0.0379 e. The van der Waals surface area contributed by atoms with Gasteiger partial charge in [-0.3, -0.25) is 4.98 Å². The summed E-state index contributed by atoms with van der Waals surface area (Å²) in [6.07, 6.45) is 2.98. The number of nitrogens with two attached hydrogens (primary N) is 1. The largest absolute Gasteiger partial charge is 0.330 e. The van der Waals surface area contributed by atoms with Crippen molar-refractivity contribution in [2.75, 3.05) is 6.54 Å². The zero-order valence-electron chi connectivity index (χ0n) is 9.90. The molecule has 2 aromatic rings. The summed E-state index contributed by atoms with van der Waals surface area (Å²) in [5.74, 6) is 0.527. The van der Waals surface area contributed by atoms with Crippen LogP contribution in [0.3, 0.4) is 0 Å². The van der Waals surface area contributed by atoms with Gasteiger partial charge in [0, 0.05) is 17.3 Å². The van der Waals surface area contributed by atoms with Crippen molar-refractivity contribution >= 4 is 10.8 Å². The minimum atomic E-state index is 0.527. The summed E-state index contributed by atoms with van der Waals surface area (Å²) in [5.41, 5.74) is 8.13. The number of hydrogen-bond acceptors (Lipinski definition) is 2. The third-order valence-corrected chi connectivity index (χ3v) is 2.96. The number of aryl methyl sites for hydroxylation is 1. The molecule has 0 radical (unpaired) electrons. The summed E-state index contributed by atoms with van der Waals surface area (Å²) in [4.78, 5) is 4.32. The highest BCUT2D eigenvalue weighted by Gasteiger charge is 2.05.